The second-order valence-corrected chi connectivity index (χ2v) is 7.45. The lowest BCUT2D eigenvalue weighted by atomic mass is 9.96. The third kappa shape index (κ3) is 4.68. The maximum atomic E-state index is 12.4. The number of carbonyl (C=O) groups is 2. The minimum absolute atomic E-state index is 0.0499. The van der Waals surface area contributed by atoms with Crippen LogP contribution in [-0.4, -0.2) is 40.1 Å². The second-order valence-electron chi connectivity index (χ2n) is 7.45. The molecule has 0 spiro atoms. The Bertz CT molecular complexity index is 810. The summed E-state index contributed by atoms with van der Waals surface area (Å²) in [6.45, 7) is 1.92. The first-order chi connectivity index (χ1) is 13.7. The van der Waals surface area contributed by atoms with Crippen molar-refractivity contribution in [2.75, 3.05) is 13.1 Å². The summed E-state index contributed by atoms with van der Waals surface area (Å²) in [5.41, 5.74) is 1.08. The van der Waals surface area contributed by atoms with Crippen molar-refractivity contribution < 1.29 is 14.1 Å². The van der Waals surface area contributed by atoms with Gasteiger partial charge in [-0.25, -0.2) is 4.79 Å². The molecule has 1 saturated heterocycles. The molecule has 1 saturated carbocycles. The van der Waals surface area contributed by atoms with E-state index in [2.05, 4.69) is 20.8 Å². The van der Waals surface area contributed by atoms with E-state index in [1.807, 2.05) is 30.3 Å². The topological polar surface area (TPSA) is 100 Å². The van der Waals surface area contributed by atoms with E-state index >= 15 is 0 Å². The Morgan fingerprint density at radius 2 is 1.79 bits per heavy atom. The van der Waals surface area contributed by atoms with E-state index in [0.29, 0.717) is 50.1 Å². The summed E-state index contributed by atoms with van der Waals surface area (Å²) in [4.78, 5) is 30.7. The van der Waals surface area contributed by atoms with E-state index < -0.39 is 0 Å². The lowest BCUT2D eigenvalue weighted by Gasteiger charge is -2.31. The number of carbonyl (C=O) groups excluding carboxylic acids is 2. The summed E-state index contributed by atoms with van der Waals surface area (Å²) in [6, 6.07) is 9.70. The van der Waals surface area contributed by atoms with Gasteiger partial charge in [-0.1, -0.05) is 35.5 Å². The number of hydrogen-bond acceptors (Lipinski definition) is 5. The maximum Gasteiger partial charge on any atom is 0.317 e. The molecule has 3 amide bonds. The first-order valence-electron chi connectivity index (χ1n) is 9.86. The van der Waals surface area contributed by atoms with Crippen molar-refractivity contribution >= 4 is 11.9 Å². The molecule has 4 rings (SSSR count). The number of piperidine rings is 1. The lowest BCUT2D eigenvalue weighted by molar-refractivity contribution is -0.126. The molecule has 1 aliphatic carbocycles. The van der Waals surface area contributed by atoms with Crippen molar-refractivity contribution in [2.24, 2.45) is 5.92 Å². The van der Waals surface area contributed by atoms with Gasteiger partial charge >= 0.3 is 6.03 Å². The highest BCUT2D eigenvalue weighted by Crippen LogP contribution is 2.38. The zero-order chi connectivity index (χ0) is 19.3. The van der Waals surface area contributed by atoms with Gasteiger partial charge in [-0.3, -0.25) is 4.79 Å². The summed E-state index contributed by atoms with van der Waals surface area (Å²) in [5, 5.41) is 9.73. The zero-order valence-electron chi connectivity index (χ0n) is 15.8. The van der Waals surface area contributed by atoms with E-state index in [-0.39, 0.29) is 24.4 Å². The fourth-order valence-corrected chi connectivity index (χ4v) is 3.38. The van der Waals surface area contributed by atoms with Crippen molar-refractivity contribution in [3.8, 4) is 0 Å². The Balaban J connectivity index is 1.17. The van der Waals surface area contributed by atoms with Crippen molar-refractivity contribution in [2.45, 2.75) is 44.7 Å². The fraction of sp³-hybridized carbons (Fsp3) is 0.500. The Labute approximate surface area is 163 Å². The SMILES string of the molecule is O=C(NCc1ccccc1)C1CCN(C(=O)NCc2noc(C3CC3)n2)CC1. The summed E-state index contributed by atoms with van der Waals surface area (Å²) in [7, 11) is 0. The third-order valence-electron chi connectivity index (χ3n) is 5.27. The molecule has 0 bridgehead atoms. The Morgan fingerprint density at radius 1 is 1.04 bits per heavy atom. The summed E-state index contributed by atoms with van der Waals surface area (Å²) < 4.78 is 5.19. The summed E-state index contributed by atoms with van der Waals surface area (Å²) in [6.07, 6.45) is 3.54. The largest absolute Gasteiger partial charge is 0.352 e. The smallest absolute Gasteiger partial charge is 0.317 e. The number of benzene rings is 1. The first-order valence-corrected chi connectivity index (χ1v) is 9.86. The van der Waals surface area contributed by atoms with E-state index in [1.54, 1.807) is 4.90 Å². The third-order valence-corrected chi connectivity index (χ3v) is 5.27. The number of nitrogens with zero attached hydrogens (tertiary/aromatic N) is 3. The highest BCUT2D eigenvalue weighted by molar-refractivity contribution is 5.79. The number of hydrogen-bond donors (Lipinski definition) is 2. The second kappa shape index (κ2) is 8.41. The van der Waals surface area contributed by atoms with Gasteiger partial charge in [0.1, 0.15) is 0 Å². The Kier molecular flexibility index (Phi) is 5.55. The molecule has 2 aliphatic rings. The van der Waals surface area contributed by atoms with Gasteiger partial charge in [0.25, 0.3) is 0 Å². The van der Waals surface area contributed by atoms with Crippen LogP contribution in [0, 0.1) is 5.92 Å². The fourth-order valence-electron chi connectivity index (χ4n) is 3.38. The average Bonchev–Trinajstić information content (AvgIpc) is 3.49. The molecule has 0 atom stereocenters. The molecule has 0 unspecified atom stereocenters. The van der Waals surface area contributed by atoms with Gasteiger partial charge in [0.15, 0.2) is 5.82 Å². The van der Waals surface area contributed by atoms with Crippen LogP contribution in [0.25, 0.3) is 0 Å². The molecule has 2 N–H and O–H groups in total. The van der Waals surface area contributed by atoms with E-state index in [9.17, 15) is 9.59 Å². The van der Waals surface area contributed by atoms with Crippen molar-refractivity contribution in [3.05, 3.63) is 47.6 Å². The minimum atomic E-state index is -0.152. The number of urea groups is 1. The zero-order valence-corrected chi connectivity index (χ0v) is 15.8. The minimum Gasteiger partial charge on any atom is -0.352 e. The van der Waals surface area contributed by atoms with E-state index in [4.69, 9.17) is 4.52 Å². The first kappa shape index (κ1) is 18.5. The van der Waals surface area contributed by atoms with Crippen molar-refractivity contribution in [3.63, 3.8) is 0 Å². The number of rotatable bonds is 6. The number of aromatic nitrogens is 2. The molecular formula is C20H25N5O3. The molecule has 8 heteroatoms. The number of amides is 3. The average molecular weight is 383 g/mol. The van der Waals surface area contributed by atoms with Gasteiger partial charge in [-0.15, -0.1) is 0 Å². The molecule has 1 aromatic carbocycles. The van der Waals surface area contributed by atoms with Crippen LogP contribution < -0.4 is 10.6 Å². The molecule has 1 aliphatic heterocycles. The number of likely N-dealkylation sites (tertiary alicyclic amines) is 1. The van der Waals surface area contributed by atoms with Crippen molar-refractivity contribution in [1.29, 1.82) is 0 Å². The van der Waals surface area contributed by atoms with Gasteiger partial charge in [-0.2, -0.15) is 4.98 Å². The van der Waals surface area contributed by atoms with Crippen LogP contribution in [0.4, 0.5) is 4.79 Å². The van der Waals surface area contributed by atoms with Gasteiger partial charge < -0.3 is 20.1 Å². The maximum absolute atomic E-state index is 12.4. The van der Waals surface area contributed by atoms with Crippen LogP contribution in [0.5, 0.6) is 0 Å². The van der Waals surface area contributed by atoms with Gasteiger partial charge in [0, 0.05) is 31.5 Å². The highest BCUT2D eigenvalue weighted by atomic mass is 16.5. The molecule has 1 aromatic heterocycles. The van der Waals surface area contributed by atoms with Gasteiger partial charge in [-0.05, 0) is 31.2 Å². The molecule has 0 radical (unpaired) electrons. The predicted molar refractivity (Wildman–Crippen MR) is 101 cm³/mol. The van der Waals surface area contributed by atoms with Crippen LogP contribution in [0.15, 0.2) is 34.9 Å². The lowest BCUT2D eigenvalue weighted by Crippen LogP contribution is -2.46. The molecule has 2 heterocycles. The predicted octanol–water partition coefficient (Wildman–Crippen LogP) is 2.18. The molecule has 2 fully saturated rings. The van der Waals surface area contributed by atoms with Gasteiger partial charge in [0.2, 0.25) is 11.8 Å². The van der Waals surface area contributed by atoms with Crippen LogP contribution >= 0.6 is 0 Å². The Hall–Kier alpha value is -2.90. The highest BCUT2D eigenvalue weighted by Gasteiger charge is 2.30. The summed E-state index contributed by atoms with van der Waals surface area (Å²) in [5.74, 6) is 1.59. The van der Waals surface area contributed by atoms with E-state index in [0.717, 1.165) is 18.4 Å². The molecular weight excluding hydrogens is 358 g/mol. The normalized spacial score (nSPS) is 17.4. The summed E-state index contributed by atoms with van der Waals surface area (Å²) >= 11 is 0. The van der Waals surface area contributed by atoms with Crippen LogP contribution in [0.1, 0.15) is 48.9 Å². The number of nitrogens with one attached hydrogen (secondary N) is 2. The van der Waals surface area contributed by atoms with Crippen LogP contribution in [-0.2, 0) is 17.9 Å². The van der Waals surface area contributed by atoms with Crippen LogP contribution in [0.3, 0.4) is 0 Å². The molecule has 148 valence electrons. The molecule has 8 nitrogen and oxygen atoms in total. The molecule has 28 heavy (non-hydrogen) atoms. The Morgan fingerprint density at radius 3 is 2.50 bits per heavy atom. The van der Waals surface area contributed by atoms with Crippen molar-refractivity contribution in [1.82, 2.24) is 25.7 Å². The quantitative estimate of drug-likeness (QED) is 0.796. The molecule has 2 aromatic rings. The van der Waals surface area contributed by atoms with E-state index in [1.165, 1.54) is 0 Å². The monoisotopic (exact) mass is 383 g/mol. The van der Waals surface area contributed by atoms with Crippen LogP contribution in [0.2, 0.25) is 0 Å². The standard InChI is InChI=1S/C20H25N5O3/c26-18(21-12-14-4-2-1-3-5-14)15-8-10-25(11-9-15)20(27)22-13-17-23-19(28-24-17)16-6-7-16/h1-5,15-16H,6-13H2,(H,21,26)(H,22,27). The van der Waals surface area contributed by atoms with Gasteiger partial charge in [0.05, 0.1) is 6.54 Å².